The molecule has 2 aromatic heterocycles. The van der Waals surface area contributed by atoms with Crippen molar-refractivity contribution in [2.24, 2.45) is 0 Å². The summed E-state index contributed by atoms with van der Waals surface area (Å²) in [6, 6.07) is 13.8. The van der Waals surface area contributed by atoms with Crippen molar-refractivity contribution in [3.8, 4) is 0 Å². The molecule has 2 atom stereocenters. The number of ether oxygens (including phenoxy) is 1. The summed E-state index contributed by atoms with van der Waals surface area (Å²) < 4.78 is 7.68. The van der Waals surface area contributed by atoms with Crippen LogP contribution in [0.15, 0.2) is 60.0 Å². The van der Waals surface area contributed by atoms with E-state index in [2.05, 4.69) is 20.5 Å². The van der Waals surface area contributed by atoms with Gasteiger partial charge in [0.2, 0.25) is 5.16 Å². The second kappa shape index (κ2) is 7.87. The van der Waals surface area contributed by atoms with E-state index in [0.717, 1.165) is 24.0 Å². The monoisotopic (exact) mass is 381 g/mol. The minimum absolute atomic E-state index is 0.309. The third-order valence-electron chi connectivity index (χ3n) is 4.31. The Hall–Kier alpha value is -2.74. The molecule has 4 rings (SSSR count). The number of carbonyl (C=O) groups excluding carboxylic acids is 1. The van der Waals surface area contributed by atoms with E-state index in [9.17, 15) is 4.79 Å². The molecule has 1 fully saturated rings. The van der Waals surface area contributed by atoms with Crippen molar-refractivity contribution in [2.75, 3.05) is 0 Å². The fourth-order valence-corrected chi connectivity index (χ4v) is 3.57. The van der Waals surface area contributed by atoms with E-state index in [4.69, 9.17) is 4.74 Å². The van der Waals surface area contributed by atoms with Crippen molar-refractivity contribution < 1.29 is 9.53 Å². The summed E-state index contributed by atoms with van der Waals surface area (Å²) >= 11 is 1.33. The molecule has 0 amide bonds. The van der Waals surface area contributed by atoms with Crippen molar-refractivity contribution >= 4 is 17.7 Å². The van der Waals surface area contributed by atoms with Gasteiger partial charge < -0.3 is 4.74 Å². The van der Waals surface area contributed by atoms with Crippen molar-refractivity contribution in [1.29, 1.82) is 0 Å². The van der Waals surface area contributed by atoms with Gasteiger partial charge in [0, 0.05) is 18.0 Å². The molecule has 2 unspecified atom stereocenters. The number of aromatic nitrogens is 5. The Bertz CT molecular complexity index is 859. The minimum Gasteiger partial charge on any atom is -0.452 e. The Kier molecular flexibility index (Phi) is 5.15. The van der Waals surface area contributed by atoms with Crippen LogP contribution in [0, 0.1) is 0 Å². The predicted molar refractivity (Wildman–Crippen MR) is 100 cm³/mol. The summed E-state index contributed by atoms with van der Waals surface area (Å²) in [6.07, 6.45) is 5.07. The first-order valence-electron chi connectivity index (χ1n) is 8.82. The molecule has 2 heterocycles. The van der Waals surface area contributed by atoms with Crippen molar-refractivity contribution in [1.82, 2.24) is 25.2 Å². The third kappa shape index (κ3) is 4.16. The van der Waals surface area contributed by atoms with E-state index >= 15 is 0 Å². The summed E-state index contributed by atoms with van der Waals surface area (Å²) in [5.41, 5.74) is 1.79. The fourth-order valence-electron chi connectivity index (χ4n) is 2.72. The maximum absolute atomic E-state index is 12.8. The number of nitrogens with zero attached hydrogens (tertiary/aromatic N) is 5. The fraction of sp³-hybridized carbons (Fsp3) is 0.316. The van der Waals surface area contributed by atoms with Gasteiger partial charge in [-0.25, -0.2) is 4.68 Å². The molecule has 0 aliphatic heterocycles. The first-order chi connectivity index (χ1) is 13.2. The smallest absolute Gasteiger partial charge is 0.320 e. The molecule has 138 valence electrons. The van der Waals surface area contributed by atoms with E-state index in [1.807, 2.05) is 49.4 Å². The lowest BCUT2D eigenvalue weighted by Gasteiger charge is -2.20. The summed E-state index contributed by atoms with van der Waals surface area (Å²) in [5.74, 6) is -0.309. The molecule has 7 nitrogen and oxygen atoms in total. The van der Waals surface area contributed by atoms with Gasteiger partial charge in [-0.15, -0.1) is 5.10 Å². The largest absolute Gasteiger partial charge is 0.452 e. The minimum atomic E-state index is -0.482. The number of benzene rings is 1. The number of rotatable bonds is 7. The van der Waals surface area contributed by atoms with E-state index in [1.54, 1.807) is 17.1 Å². The number of thioether (sulfide) groups is 1. The highest BCUT2D eigenvalue weighted by molar-refractivity contribution is 8.00. The van der Waals surface area contributed by atoms with Gasteiger partial charge in [-0.3, -0.25) is 9.78 Å². The van der Waals surface area contributed by atoms with E-state index in [0.29, 0.717) is 11.2 Å². The Morgan fingerprint density at radius 1 is 1.15 bits per heavy atom. The second-order valence-electron chi connectivity index (χ2n) is 6.41. The SMILES string of the molecule is CC(Sc1nnnn1C1CC1)C(=O)OC(c1ccccc1)c1ccncc1. The van der Waals surface area contributed by atoms with Crippen LogP contribution in [-0.2, 0) is 9.53 Å². The molecule has 0 bridgehead atoms. The highest BCUT2D eigenvalue weighted by atomic mass is 32.2. The molecular weight excluding hydrogens is 362 g/mol. The number of pyridine rings is 1. The van der Waals surface area contributed by atoms with Crippen molar-refractivity contribution in [3.63, 3.8) is 0 Å². The summed E-state index contributed by atoms with van der Waals surface area (Å²) in [7, 11) is 0. The lowest BCUT2D eigenvalue weighted by Crippen LogP contribution is -2.21. The van der Waals surface area contributed by atoms with Gasteiger partial charge >= 0.3 is 5.97 Å². The number of esters is 1. The maximum atomic E-state index is 12.8. The van der Waals surface area contributed by atoms with Crippen LogP contribution in [0.25, 0.3) is 0 Å². The quantitative estimate of drug-likeness (QED) is 0.459. The standard InChI is InChI=1S/C19H19N5O2S/c1-13(27-19-21-22-23-24(19)16-7-8-16)18(25)26-17(14-5-3-2-4-6-14)15-9-11-20-12-10-15/h2-6,9-13,16-17H,7-8H2,1H3. The van der Waals surface area contributed by atoms with Crippen molar-refractivity contribution in [2.45, 2.75) is 42.3 Å². The van der Waals surface area contributed by atoms with Gasteiger partial charge in [0.25, 0.3) is 0 Å². The highest BCUT2D eigenvalue weighted by Crippen LogP contribution is 2.37. The van der Waals surface area contributed by atoms with Gasteiger partial charge in [0.15, 0.2) is 6.10 Å². The van der Waals surface area contributed by atoms with Crippen molar-refractivity contribution in [3.05, 3.63) is 66.0 Å². The Morgan fingerprint density at radius 2 is 1.85 bits per heavy atom. The Labute approximate surface area is 161 Å². The zero-order valence-corrected chi connectivity index (χ0v) is 15.6. The van der Waals surface area contributed by atoms with Crippen LogP contribution in [0.4, 0.5) is 0 Å². The van der Waals surface area contributed by atoms with E-state index < -0.39 is 11.4 Å². The number of carbonyl (C=O) groups is 1. The lowest BCUT2D eigenvalue weighted by atomic mass is 10.0. The highest BCUT2D eigenvalue weighted by Gasteiger charge is 2.30. The van der Waals surface area contributed by atoms with Crippen LogP contribution < -0.4 is 0 Å². The summed E-state index contributed by atoms with van der Waals surface area (Å²) in [6.45, 7) is 1.81. The molecule has 1 aromatic carbocycles. The topological polar surface area (TPSA) is 82.8 Å². The average molecular weight is 381 g/mol. The zero-order valence-electron chi connectivity index (χ0n) is 14.8. The van der Waals surface area contributed by atoms with Crippen LogP contribution in [0.5, 0.6) is 0 Å². The molecule has 0 N–H and O–H groups in total. The van der Waals surface area contributed by atoms with Gasteiger partial charge in [-0.1, -0.05) is 42.1 Å². The maximum Gasteiger partial charge on any atom is 0.320 e. The number of hydrogen-bond donors (Lipinski definition) is 0. The van der Waals surface area contributed by atoms with Gasteiger partial charge in [-0.05, 0) is 47.9 Å². The summed E-state index contributed by atoms with van der Waals surface area (Å²) in [5, 5.41) is 12.0. The molecule has 0 saturated heterocycles. The van der Waals surface area contributed by atoms with E-state index in [1.165, 1.54) is 11.8 Å². The molecule has 1 aliphatic carbocycles. The Balaban J connectivity index is 1.50. The second-order valence-corrected chi connectivity index (χ2v) is 7.71. The lowest BCUT2D eigenvalue weighted by molar-refractivity contribution is -0.146. The molecule has 0 radical (unpaired) electrons. The number of hydrogen-bond acceptors (Lipinski definition) is 7. The van der Waals surface area contributed by atoms with E-state index in [-0.39, 0.29) is 5.97 Å². The molecule has 0 spiro atoms. The van der Waals surface area contributed by atoms with Crippen LogP contribution in [0.1, 0.15) is 43.0 Å². The van der Waals surface area contributed by atoms with Crippen LogP contribution >= 0.6 is 11.8 Å². The number of tetrazole rings is 1. The Morgan fingerprint density at radius 3 is 2.56 bits per heavy atom. The van der Waals surface area contributed by atoms with Gasteiger partial charge in [0.05, 0.1) is 6.04 Å². The van der Waals surface area contributed by atoms with Crippen LogP contribution in [-0.4, -0.2) is 36.4 Å². The first-order valence-corrected chi connectivity index (χ1v) is 9.70. The summed E-state index contributed by atoms with van der Waals surface area (Å²) in [4.78, 5) is 16.8. The average Bonchev–Trinajstić information content (AvgIpc) is 3.46. The van der Waals surface area contributed by atoms with Crippen LogP contribution in [0.3, 0.4) is 0 Å². The molecule has 8 heteroatoms. The molecule has 1 aliphatic rings. The molecule has 1 saturated carbocycles. The first kappa shape index (κ1) is 17.7. The zero-order chi connectivity index (χ0) is 18.6. The molecule has 27 heavy (non-hydrogen) atoms. The van der Waals surface area contributed by atoms with Gasteiger partial charge in [0.1, 0.15) is 5.25 Å². The normalized spacial score (nSPS) is 15.9. The molecule has 3 aromatic rings. The van der Waals surface area contributed by atoms with Gasteiger partial charge in [-0.2, -0.15) is 0 Å². The molecular formula is C19H19N5O2S. The van der Waals surface area contributed by atoms with Crippen LogP contribution in [0.2, 0.25) is 0 Å². The predicted octanol–water partition coefficient (Wildman–Crippen LogP) is 3.22. The third-order valence-corrected chi connectivity index (χ3v) is 5.34.